The lowest BCUT2D eigenvalue weighted by atomic mass is 9.82. The maximum absolute atomic E-state index is 12.7. The summed E-state index contributed by atoms with van der Waals surface area (Å²) >= 11 is 1.75. The van der Waals surface area contributed by atoms with Gasteiger partial charge in [0.15, 0.2) is 0 Å². The number of nitrogens with two attached hydrogens (primary N) is 1. The fourth-order valence-corrected chi connectivity index (χ4v) is 5.44. The zero-order valence-corrected chi connectivity index (χ0v) is 17.1. The number of nitrogens with zero attached hydrogens (tertiary/aromatic N) is 3. The third kappa shape index (κ3) is 3.29. The molecule has 1 fully saturated rings. The Labute approximate surface area is 176 Å². The molecule has 3 N–H and O–H groups in total. The first-order valence-corrected chi connectivity index (χ1v) is 10.7. The molecule has 0 aliphatic carbocycles. The molecule has 1 amide bonds. The number of piperidine rings is 1. The van der Waals surface area contributed by atoms with E-state index in [-0.39, 0.29) is 22.8 Å². The molecular weight excluding hydrogens is 402 g/mol. The minimum Gasteiger partial charge on any atom is -0.384 e. The number of pyridine rings is 1. The van der Waals surface area contributed by atoms with Crippen molar-refractivity contribution in [1.29, 1.82) is 0 Å². The number of hydrogen-bond donors (Lipinski definition) is 2. The number of aromatic nitrogens is 3. The van der Waals surface area contributed by atoms with Crippen LogP contribution in [0.4, 0.5) is 5.82 Å². The molecule has 1 spiro atoms. The van der Waals surface area contributed by atoms with Crippen LogP contribution in [0.25, 0.3) is 10.6 Å². The van der Waals surface area contributed by atoms with Gasteiger partial charge in [-0.05, 0) is 36.6 Å². The second-order valence-corrected chi connectivity index (χ2v) is 8.71. The van der Waals surface area contributed by atoms with Gasteiger partial charge in [0.1, 0.15) is 11.5 Å². The van der Waals surface area contributed by atoms with Crippen molar-refractivity contribution in [3.05, 3.63) is 63.1 Å². The Morgan fingerprint density at radius 3 is 2.87 bits per heavy atom. The summed E-state index contributed by atoms with van der Waals surface area (Å²) in [6, 6.07) is 7.85. The van der Waals surface area contributed by atoms with Crippen molar-refractivity contribution in [1.82, 2.24) is 19.9 Å². The summed E-state index contributed by atoms with van der Waals surface area (Å²) in [5.41, 5.74) is 7.50. The first-order chi connectivity index (χ1) is 14.5. The van der Waals surface area contributed by atoms with Crippen LogP contribution in [-0.2, 0) is 16.8 Å². The summed E-state index contributed by atoms with van der Waals surface area (Å²) in [7, 11) is 0. The first-order valence-electron chi connectivity index (χ1n) is 9.88. The fraction of sp³-hybridized carbons (Fsp3) is 0.333. The molecule has 154 valence electrons. The summed E-state index contributed by atoms with van der Waals surface area (Å²) in [5, 5.41) is 0. The monoisotopic (exact) mass is 423 g/mol. The van der Waals surface area contributed by atoms with Crippen LogP contribution in [0.3, 0.4) is 0 Å². The van der Waals surface area contributed by atoms with Crippen LogP contribution < -0.4 is 11.3 Å². The van der Waals surface area contributed by atoms with E-state index in [2.05, 4.69) is 21.0 Å². The topological polar surface area (TPSA) is 114 Å². The van der Waals surface area contributed by atoms with E-state index in [1.165, 1.54) is 16.6 Å². The Bertz CT molecular complexity index is 1140. The van der Waals surface area contributed by atoms with E-state index in [1.807, 2.05) is 12.1 Å². The third-order valence-electron chi connectivity index (χ3n) is 5.78. The summed E-state index contributed by atoms with van der Waals surface area (Å²) in [4.78, 5) is 39.0. The summed E-state index contributed by atoms with van der Waals surface area (Å²) in [6.45, 7) is 1.81. The van der Waals surface area contributed by atoms with E-state index in [9.17, 15) is 9.59 Å². The number of nitrogen functional groups attached to an aromatic ring is 1. The quantitative estimate of drug-likeness (QED) is 0.653. The van der Waals surface area contributed by atoms with Crippen LogP contribution in [0.1, 0.15) is 33.8 Å². The average Bonchev–Trinajstić information content (AvgIpc) is 3.21. The van der Waals surface area contributed by atoms with Crippen LogP contribution in [0.15, 0.2) is 41.5 Å². The van der Waals surface area contributed by atoms with Crippen molar-refractivity contribution >= 4 is 23.1 Å². The number of hydrogen-bond acceptors (Lipinski definition) is 7. The van der Waals surface area contributed by atoms with E-state index in [0.29, 0.717) is 25.5 Å². The molecule has 5 rings (SSSR count). The van der Waals surface area contributed by atoms with Crippen molar-refractivity contribution in [3.8, 4) is 10.6 Å². The van der Waals surface area contributed by atoms with Gasteiger partial charge >= 0.3 is 0 Å². The van der Waals surface area contributed by atoms with Gasteiger partial charge < -0.3 is 20.4 Å². The Morgan fingerprint density at radius 1 is 1.30 bits per heavy atom. The van der Waals surface area contributed by atoms with Crippen LogP contribution >= 0.6 is 11.3 Å². The zero-order valence-electron chi connectivity index (χ0n) is 16.3. The molecule has 0 unspecified atom stereocenters. The standard InChI is InChI=1S/C21H21N5O3S/c22-18-3-1-2-14(25-18)17-10-13-16(30-17)4-9-29-21(13)5-7-26(8-6-21)20(28)15-11-24-19(27)12-23-15/h1-3,10-12H,4-9H2,(H2,22,25)(H,24,27). The van der Waals surface area contributed by atoms with Crippen molar-refractivity contribution < 1.29 is 9.53 Å². The van der Waals surface area contributed by atoms with E-state index in [1.54, 1.807) is 22.3 Å². The van der Waals surface area contributed by atoms with E-state index < -0.39 is 0 Å². The number of nitrogens with one attached hydrogen (secondary N) is 1. The smallest absolute Gasteiger partial charge is 0.273 e. The molecule has 0 atom stereocenters. The van der Waals surface area contributed by atoms with E-state index in [4.69, 9.17) is 10.5 Å². The molecule has 0 saturated carbocycles. The predicted octanol–water partition coefficient (Wildman–Crippen LogP) is 2.18. The largest absolute Gasteiger partial charge is 0.384 e. The summed E-state index contributed by atoms with van der Waals surface area (Å²) < 4.78 is 6.32. The molecular formula is C21H21N5O3S. The molecule has 2 aliphatic heterocycles. The number of rotatable bonds is 2. The molecule has 0 aromatic carbocycles. The molecule has 5 heterocycles. The van der Waals surface area contributed by atoms with E-state index >= 15 is 0 Å². The number of ether oxygens (including phenoxy) is 1. The van der Waals surface area contributed by atoms with Crippen LogP contribution in [0.2, 0.25) is 0 Å². The summed E-state index contributed by atoms with van der Waals surface area (Å²) in [5.74, 6) is 0.333. The second-order valence-electron chi connectivity index (χ2n) is 7.58. The first kappa shape index (κ1) is 19.0. The second kappa shape index (κ2) is 7.33. The molecule has 3 aromatic heterocycles. The van der Waals surface area contributed by atoms with Crippen molar-refractivity contribution in [3.63, 3.8) is 0 Å². The van der Waals surface area contributed by atoms with Gasteiger partial charge in [0, 0.05) is 30.6 Å². The highest BCUT2D eigenvalue weighted by Gasteiger charge is 2.43. The number of H-pyrrole nitrogens is 1. The number of likely N-dealkylation sites (tertiary alicyclic amines) is 1. The molecule has 0 radical (unpaired) electrons. The lowest BCUT2D eigenvalue weighted by molar-refractivity contribution is -0.0926. The number of fused-ring (bicyclic) bond motifs is 2. The minimum absolute atomic E-state index is 0.174. The van der Waals surface area contributed by atoms with Crippen LogP contribution in [0.5, 0.6) is 0 Å². The van der Waals surface area contributed by atoms with Gasteiger partial charge in [-0.3, -0.25) is 9.59 Å². The van der Waals surface area contributed by atoms with Gasteiger partial charge in [0.2, 0.25) is 0 Å². The maximum atomic E-state index is 12.7. The molecule has 30 heavy (non-hydrogen) atoms. The lowest BCUT2D eigenvalue weighted by Crippen LogP contribution is -2.48. The SMILES string of the molecule is Nc1cccc(-c2cc3c(s2)CCOC32CCN(C(=O)c3c[nH]c(=O)cn3)CC2)n1. The Balaban J connectivity index is 1.38. The minimum atomic E-state index is -0.377. The fourth-order valence-electron chi connectivity index (χ4n) is 4.24. The number of thiophene rings is 1. The lowest BCUT2D eigenvalue weighted by Gasteiger charge is -2.44. The Kier molecular flexibility index (Phi) is 4.63. The van der Waals surface area contributed by atoms with Crippen LogP contribution in [-0.4, -0.2) is 45.5 Å². The molecule has 0 bridgehead atoms. The zero-order chi connectivity index (χ0) is 20.7. The number of carbonyl (C=O) groups is 1. The maximum Gasteiger partial charge on any atom is 0.273 e. The van der Waals surface area contributed by atoms with Gasteiger partial charge in [-0.25, -0.2) is 9.97 Å². The van der Waals surface area contributed by atoms with Gasteiger partial charge in [-0.2, -0.15) is 0 Å². The van der Waals surface area contributed by atoms with Crippen molar-refractivity contribution in [2.75, 3.05) is 25.4 Å². The van der Waals surface area contributed by atoms with Gasteiger partial charge in [-0.1, -0.05) is 6.07 Å². The number of anilines is 1. The molecule has 2 aliphatic rings. The number of carbonyl (C=O) groups excluding carboxylic acids is 1. The van der Waals surface area contributed by atoms with E-state index in [0.717, 1.165) is 36.0 Å². The highest BCUT2D eigenvalue weighted by molar-refractivity contribution is 7.15. The van der Waals surface area contributed by atoms with Gasteiger partial charge in [0.05, 0.1) is 29.0 Å². The highest BCUT2D eigenvalue weighted by Crippen LogP contribution is 2.46. The number of aromatic amines is 1. The predicted molar refractivity (Wildman–Crippen MR) is 113 cm³/mol. The molecule has 8 nitrogen and oxygen atoms in total. The van der Waals surface area contributed by atoms with Gasteiger partial charge in [-0.15, -0.1) is 11.3 Å². The molecule has 9 heteroatoms. The Morgan fingerprint density at radius 2 is 2.13 bits per heavy atom. The normalized spacial score (nSPS) is 17.7. The molecule has 3 aromatic rings. The van der Waals surface area contributed by atoms with Crippen LogP contribution in [0, 0.1) is 0 Å². The Hall–Kier alpha value is -3.04. The number of amides is 1. The molecule has 1 saturated heterocycles. The van der Waals surface area contributed by atoms with Gasteiger partial charge in [0.25, 0.3) is 11.5 Å². The van der Waals surface area contributed by atoms with Crippen molar-refractivity contribution in [2.45, 2.75) is 24.9 Å². The third-order valence-corrected chi connectivity index (χ3v) is 7.00. The summed E-state index contributed by atoms with van der Waals surface area (Å²) in [6.07, 6.45) is 4.82. The van der Waals surface area contributed by atoms with Crippen molar-refractivity contribution in [2.24, 2.45) is 0 Å². The highest BCUT2D eigenvalue weighted by atomic mass is 32.1. The average molecular weight is 423 g/mol.